The summed E-state index contributed by atoms with van der Waals surface area (Å²) in [6.45, 7) is 3.82. The van der Waals surface area contributed by atoms with Crippen LogP contribution in [-0.2, 0) is 0 Å². The SMILES string of the molecule is CC(C)c1cc(C(=O)Nc2ccc3cc[nH]c3c2)c(O)cc1O. The average molecular weight is 310 g/mol. The second kappa shape index (κ2) is 5.68. The number of aromatic nitrogens is 1. The Kier molecular flexibility index (Phi) is 3.70. The van der Waals surface area contributed by atoms with Crippen molar-refractivity contribution in [2.24, 2.45) is 0 Å². The van der Waals surface area contributed by atoms with Gasteiger partial charge in [0.05, 0.1) is 5.56 Å². The van der Waals surface area contributed by atoms with Gasteiger partial charge in [0.2, 0.25) is 0 Å². The summed E-state index contributed by atoms with van der Waals surface area (Å²) in [4.78, 5) is 15.5. The molecule has 23 heavy (non-hydrogen) atoms. The molecule has 0 atom stereocenters. The van der Waals surface area contributed by atoms with Crippen LogP contribution >= 0.6 is 0 Å². The fourth-order valence-corrected chi connectivity index (χ4v) is 2.56. The van der Waals surface area contributed by atoms with E-state index in [0.717, 1.165) is 10.9 Å². The van der Waals surface area contributed by atoms with Crippen molar-refractivity contribution in [2.45, 2.75) is 19.8 Å². The van der Waals surface area contributed by atoms with Gasteiger partial charge in [-0.2, -0.15) is 0 Å². The quantitative estimate of drug-likeness (QED) is 0.591. The molecule has 5 nitrogen and oxygen atoms in total. The molecule has 1 aromatic heterocycles. The smallest absolute Gasteiger partial charge is 0.259 e. The van der Waals surface area contributed by atoms with Crippen LogP contribution in [-0.4, -0.2) is 21.1 Å². The molecule has 4 N–H and O–H groups in total. The second-order valence-corrected chi connectivity index (χ2v) is 5.82. The van der Waals surface area contributed by atoms with Gasteiger partial charge in [-0.15, -0.1) is 0 Å². The molecule has 0 bridgehead atoms. The maximum absolute atomic E-state index is 12.4. The molecule has 0 aliphatic heterocycles. The average Bonchev–Trinajstić information content (AvgIpc) is 2.94. The normalized spacial score (nSPS) is 11.1. The third-order valence-electron chi connectivity index (χ3n) is 3.82. The fraction of sp³-hybridized carbons (Fsp3) is 0.167. The standard InChI is InChI=1S/C18H18N2O3/c1-10(2)13-8-14(17(22)9-16(13)21)18(23)20-12-4-3-11-5-6-19-15(11)7-12/h3-10,19,21-22H,1-2H3,(H,20,23). The molecule has 0 saturated carbocycles. The lowest BCUT2D eigenvalue weighted by atomic mass is 9.98. The number of carbonyl (C=O) groups is 1. The number of hydrogen-bond donors (Lipinski definition) is 4. The Morgan fingerprint density at radius 3 is 2.61 bits per heavy atom. The van der Waals surface area contributed by atoms with Crippen molar-refractivity contribution in [2.75, 3.05) is 5.32 Å². The van der Waals surface area contributed by atoms with E-state index in [9.17, 15) is 15.0 Å². The van der Waals surface area contributed by atoms with Crippen LogP contribution in [0, 0.1) is 0 Å². The summed E-state index contributed by atoms with van der Waals surface area (Å²) < 4.78 is 0. The van der Waals surface area contributed by atoms with E-state index in [1.807, 2.05) is 38.2 Å². The highest BCUT2D eigenvalue weighted by Gasteiger charge is 2.17. The molecule has 0 saturated heterocycles. The highest BCUT2D eigenvalue weighted by atomic mass is 16.3. The fourth-order valence-electron chi connectivity index (χ4n) is 2.56. The zero-order valence-electron chi connectivity index (χ0n) is 12.9. The lowest BCUT2D eigenvalue weighted by molar-refractivity contribution is 0.102. The number of fused-ring (bicyclic) bond motifs is 1. The molecule has 1 amide bonds. The molecule has 0 aliphatic rings. The number of aromatic amines is 1. The molecule has 0 radical (unpaired) electrons. The van der Waals surface area contributed by atoms with Gasteiger partial charge in [-0.3, -0.25) is 4.79 Å². The first-order valence-corrected chi connectivity index (χ1v) is 7.40. The van der Waals surface area contributed by atoms with Crippen molar-refractivity contribution in [3.05, 3.63) is 53.7 Å². The van der Waals surface area contributed by atoms with Crippen LogP contribution in [0.5, 0.6) is 11.5 Å². The van der Waals surface area contributed by atoms with E-state index in [1.54, 1.807) is 6.07 Å². The van der Waals surface area contributed by atoms with Crippen molar-refractivity contribution in [1.29, 1.82) is 0 Å². The highest BCUT2D eigenvalue weighted by Crippen LogP contribution is 2.32. The van der Waals surface area contributed by atoms with Crippen LogP contribution in [0.15, 0.2) is 42.6 Å². The lowest BCUT2D eigenvalue weighted by Gasteiger charge is -2.13. The van der Waals surface area contributed by atoms with Crippen LogP contribution in [0.25, 0.3) is 10.9 Å². The molecule has 0 spiro atoms. The summed E-state index contributed by atoms with van der Waals surface area (Å²) in [7, 11) is 0. The number of amides is 1. The van der Waals surface area contributed by atoms with Gasteiger partial charge in [-0.25, -0.2) is 0 Å². The number of rotatable bonds is 3. The Hall–Kier alpha value is -2.95. The molecule has 0 unspecified atom stereocenters. The number of benzene rings is 2. The Labute approximate surface area is 133 Å². The Bertz CT molecular complexity index is 881. The van der Waals surface area contributed by atoms with E-state index in [4.69, 9.17) is 0 Å². The largest absolute Gasteiger partial charge is 0.508 e. The summed E-state index contributed by atoms with van der Waals surface area (Å²) >= 11 is 0. The first-order chi connectivity index (χ1) is 11.0. The minimum Gasteiger partial charge on any atom is -0.508 e. The minimum atomic E-state index is -0.421. The van der Waals surface area contributed by atoms with E-state index >= 15 is 0 Å². The van der Waals surface area contributed by atoms with Gasteiger partial charge in [-0.05, 0) is 41.1 Å². The van der Waals surface area contributed by atoms with Gasteiger partial charge in [0.15, 0.2) is 0 Å². The first-order valence-electron chi connectivity index (χ1n) is 7.40. The van der Waals surface area contributed by atoms with Gasteiger partial charge < -0.3 is 20.5 Å². The predicted octanol–water partition coefficient (Wildman–Crippen LogP) is 3.95. The maximum atomic E-state index is 12.4. The number of aromatic hydroxyl groups is 2. The van der Waals surface area contributed by atoms with E-state index in [-0.39, 0.29) is 23.0 Å². The van der Waals surface area contributed by atoms with Crippen molar-refractivity contribution in [1.82, 2.24) is 4.98 Å². The van der Waals surface area contributed by atoms with Crippen LogP contribution in [0.1, 0.15) is 35.7 Å². The topological polar surface area (TPSA) is 85.4 Å². The molecular weight excluding hydrogens is 292 g/mol. The molecule has 2 aromatic carbocycles. The number of phenols is 2. The number of carbonyl (C=O) groups excluding carboxylic acids is 1. The molecule has 3 aromatic rings. The van der Waals surface area contributed by atoms with Crippen molar-refractivity contribution in [3.8, 4) is 11.5 Å². The van der Waals surface area contributed by atoms with Crippen molar-refractivity contribution in [3.63, 3.8) is 0 Å². The number of hydrogen-bond acceptors (Lipinski definition) is 3. The molecule has 5 heteroatoms. The number of nitrogens with one attached hydrogen (secondary N) is 2. The van der Waals surface area contributed by atoms with Crippen LogP contribution < -0.4 is 5.32 Å². The number of anilines is 1. The van der Waals surface area contributed by atoms with Crippen molar-refractivity contribution < 1.29 is 15.0 Å². The predicted molar refractivity (Wildman–Crippen MR) is 90.1 cm³/mol. The summed E-state index contributed by atoms with van der Waals surface area (Å²) in [5.41, 5.74) is 2.30. The van der Waals surface area contributed by atoms with Gasteiger partial charge in [-0.1, -0.05) is 19.9 Å². The Morgan fingerprint density at radius 2 is 1.87 bits per heavy atom. The molecule has 118 valence electrons. The maximum Gasteiger partial charge on any atom is 0.259 e. The Morgan fingerprint density at radius 1 is 1.09 bits per heavy atom. The number of H-pyrrole nitrogens is 1. The molecular formula is C18H18N2O3. The third-order valence-corrected chi connectivity index (χ3v) is 3.82. The van der Waals surface area contributed by atoms with E-state index in [1.165, 1.54) is 12.1 Å². The van der Waals surface area contributed by atoms with Gasteiger partial charge in [0.25, 0.3) is 5.91 Å². The van der Waals surface area contributed by atoms with Gasteiger partial charge in [0.1, 0.15) is 11.5 Å². The molecule has 0 fully saturated rings. The third kappa shape index (κ3) is 2.85. The van der Waals surface area contributed by atoms with Crippen LogP contribution in [0.4, 0.5) is 5.69 Å². The van der Waals surface area contributed by atoms with Crippen LogP contribution in [0.2, 0.25) is 0 Å². The monoisotopic (exact) mass is 310 g/mol. The zero-order valence-corrected chi connectivity index (χ0v) is 12.9. The first kappa shape index (κ1) is 15.0. The summed E-state index contributed by atoms with van der Waals surface area (Å²) in [5, 5.41) is 23.6. The molecule has 0 aliphatic carbocycles. The van der Waals surface area contributed by atoms with Crippen molar-refractivity contribution >= 4 is 22.5 Å². The molecule has 1 heterocycles. The Balaban J connectivity index is 1.92. The lowest BCUT2D eigenvalue weighted by Crippen LogP contribution is -2.12. The van der Waals surface area contributed by atoms with Gasteiger partial charge >= 0.3 is 0 Å². The summed E-state index contributed by atoms with van der Waals surface area (Å²) in [6.07, 6.45) is 1.83. The zero-order chi connectivity index (χ0) is 16.6. The van der Waals surface area contributed by atoms with E-state index in [2.05, 4.69) is 10.3 Å². The highest BCUT2D eigenvalue weighted by molar-refractivity contribution is 6.07. The molecule has 3 rings (SSSR count). The summed E-state index contributed by atoms with van der Waals surface area (Å²) in [6, 6.07) is 10.2. The second-order valence-electron chi connectivity index (χ2n) is 5.82. The van der Waals surface area contributed by atoms with Gasteiger partial charge in [0, 0.05) is 23.5 Å². The summed E-state index contributed by atoms with van der Waals surface area (Å²) in [5.74, 6) is -0.639. The van der Waals surface area contributed by atoms with E-state index in [0.29, 0.717) is 11.3 Å². The number of phenolic OH excluding ortho intramolecular Hbond substituents is 2. The minimum absolute atomic E-state index is 0.0122. The van der Waals surface area contributed by atoms with E-state index < -0.39 is 5.91 Å². The van der Waals surface area contributed by atoms with Crippen LogP contribution in [0.3, 0.4) is 0 Å².